The van der Waals surface area contributed by atoms with Crippen molar-refractivity contribution in [1.82, 2.24) is 10.2 Å². The first kappa shape index (κ1) is 11.4. The summed E-state index contributed by atoms with van der Waals surface area (Å²) in [5, 5.41) is 17.1. The Bertz CT molecular complexity index is 382. The summed E-state index contributed by atoms with van der Waals surface area (Å²) < 4.78 is 5.27. The number of ether oxygens (including phenoxy) is 1. The average molecular weight is 205 g/mol. The Morgan fingerprint density at radius 1 is 1.20 bits per heavy atom. The van der Waals surface area contributed by atoms with Crippen molar-refractivity contribution in [3.63, 3.8) is 0 Å². The number of nitriles is 1. The Balaban J connectivity index is 3.29. The summed E-state index contributed by atoms with van der Waals surface area (Å²) in [6, 6.07) is 2.15. The molecule has 15 heavy (non-hydrogen) atoms. The maximum atomic E-state index is 9.08. The summed E-state index contributed by atoms with van der Waals surface area (Å²) in [5.41, 5.74) is 2.38. The Morgan fingerprint density at radius 2 is 1.93 bits per heavy atom. The molecule has 0 saturated carbocycles. The van der Waals surface area contributed by atoms with Crippen LogP contribution in [0.5, 0.6) is 5.88 Å². The molecule has 0 aliphatic carbocycles. The smallest absolute Gasteiger partial charge is 0.251 e. The van der Waals surface area contributed by atoms with Gasteiger partial charge in [-0.3, -0.25) is 0 Å². The molecule has 0 spiro atoms. The van der Waals surface area contributed by atoms with Crippen molar-refractivity contribution in [2.24, 2.45) is 0 Å². The standard InChI is InChI=1S/C11H15N3O/c1-4-8-9(7-12)11(15-6-3)14-13-10(8)5-2/h4-6H2,1-3H3. The molecule has 4 heteroatoms. The normalized spacial score (nSPS) is 9.73. The van der Waals surface area contributed by atoms with E-state index in [2.05, 4.69) is 16.3 Å². The molecular formula is C11H15N3O. The van der Waals surface area contributed by atoms with Gasteiger partial charge in [-0.05, 0) is 25.3 Å². The van der Waals surface area contributed by atoms with E-state index in [1.54, 1.807) is 0 Å². The quantitative estimate of drug-likeness (QED) is 0.753. The van der Waals surface area contributed by atoms with Crippen molar-refractivity contribution >= 4 is 0 Å². The van der Waals surface area contributed by atoms with Crippen LogP contribution in [0.3, 0.4) is 0 Å². The predicted molar refractivity (Wildman–Crippen MR) is 56.7 cm³/mol. The summed E-state index contributed by atoms with van der Waals surface area (Å²) in [6.45, 7) is 6.37. The van der Waals surface area contributed by atoms with Gasteiger partial charge in [0.25, 0.3) is 5.88 Å². The number of hydrogen-bond donors (Lipinski definition) is 0. The van der Waals surface area contributed by atoms with Gasteiger partial charge < -0.3 is 4.74 Å². The van der Waals surface area contributed by atoms with Crippen LogP contribution in [0, 0.1) is 11.3 Å². The Kier molecular flexibility index (Phi) is 4.04. The van der Waals surface area contributed by atoms with Crippen molar-refractivity contribution in [1.29, 1.82) is 5.26 Å². The van der Waals surface area contributed by atoms with Crippen LogP contribution >= 0.6 is 0 Å². The van der Waals surface area contributed by atoms with E-state index in [4.69, 9.17) is 10.00 Å². The molecule has 0 aliphatic rings. The van der Waals surface area contributed by atoms with Crippen molar-refractivity contribution in [2.75, 3.05) is 6.61 Å². The van der Waals surface area contributed by atoms with Gasteiger partial charge in [-0.1, -0.05) is 13.8 Å². The molecule has 0 aliphatic heterocycles. The minimum atomic E-state index is 0.356. The lowest BCUT2D eigenvalue weighted by molar-refractivity contribution is 0.320. The summed E-state index contributed by atoms with van der Waals surface area (Å²) in [4.78, 5) is 0. The fourth-order valence-electron chi connectivity index (χ4n) is 1.51. The van der Waals surface area contributed by atoms with E-state index in [1.165, 1.54) is 0 Å². The highest BCUT2D eigenvalue weighted by atomic mass is 16.5. The molecule has 0 bridgehead atoms. The Hall–Kier alpha value is -1.63. The van der Waals surface area contributed by atoms with E-state index in [-0.39, 0.29) is 0 Å². The fraction of sp³-hybridized carbons (Fsp3) is 0.545. The monoisotopic (exact) mass is 205 g/mol. The molecule has 0 atom stereocenters. The molecule has 4 nitrogen and oxygen atoms in total. The minimum Gasteiger partial charge on any atom is -0.476 e. The zero-order chi connectivity index (χ0) is 11.3. The molecule has 0 amide bonds. The molecule has 0 saturated heterocycles. The van der Waals surface area contributed by atoms with Gasteiger partial charge in [-0.2, -0.15) is 10.4 Å². The van der Waals surface area contributed by atoms with Crippen LogP contribution in [-0.2, 0) is 12.8 Å². The largest absolute Gasteiger partial charge is 0.476 e. The van der Waals surface area contributed by atoms with Gasteiger partial charge in [0.15, 0.2) is 0 Å². The van der Waals surface area contributed by atoms with Crippen LogP contribution in [0.2, 0.25) is 0 Å². The topological polar surface area (TPSA) is 58.8 Å². The Labute approximate surface area is 89.9 Å². The van der Waals surface area contributed by atoms with Gasteiger partial charge in [0, 0.05) is 0 Å². The minimum absolute atomic E-state index is 0.356. The van der Waals surface area contributed by atoms with Crippen molar-refractivity contribution < 1.29 is 4.74 Å². The third-order valence-electron chi connectivity index (χ3n) is 2.21. The van der Waals surface area contributed by atoms with Crippen LogP contribution in [-0.4, -0.2) is 16.8 Å². The molecule has 0 aromatic carbocycles. The summed E-state index contributed by atoms with van der Waals surface area (Å²) in [7, 11) is 0. The van der Waals surface area contributed by atoms with Crippen LogP contribution in [0.15, 0.2) is 0 Å². The molecule has 1 rings (SSSR count). The van der Waals surface area contributed by atoms with Crippen molar-refractivity contribution in [3.8, 4) is 11.9 Å². The first-order chi connectivity index (χ1) is 7.28. The van der Waals surface area contributed by atoms with E-state index in [1.807, 2.05) is 20.8 Å². The van der Waals surface area contributed by atoms with E-state index in [9.17, 15) is 0 Å². The van der Waals surface area contributed by atoms with Gasteiger partial charge in [-0.15, -0.1) is 5.10 Å². The fourth-order valence-corrected chi connectivity index (χ4v) is 1.51. The van der Waals surface area contributed by atoms with Crippen molar-refractivity contribution in [2.45, 2.75) is 33.6 Å². The second-order valence-corrected chi connectivity index (χ2v) is 3.06. The highest BCUT2D eigenvalue weighted by Crippen LogP contribution is 2.21. The number of rotatable bonds is 4. The maximum absolute atomic E-state index is 9.08. The first-order valence-electron chi connectivity index (χ1n) is 5.19. The van der Waals surface area contributed by atoms with Gasteiger partial charge >= 0.3 is 0 Å². The van der Waals surface area contributed by atoms with Gasteiger partial charge in [0.2, 0.25) is 0 Å². The number of nitrogens with zero attached hydrogens (tertiary/aromatic N) is 3. The number of aromatic nitrogens is 2. The molecule has 0 unspecified atom stereocenters. The molecular weight excluding hydrogens is 190 g/mol. The van der Waals surface area contributed by atoms with Crippen LogP contribution in [0.25, 0.3) is 0 Å². The van der Waals surface area contributed by atoms with Crippen LogP contribution < -0.4 is 4.74 Å². The third-order valence-corrected chi connectivity index (χ3v) is 2.21. The SMILES string of the molecule is CCOc1nnc(CC)c(CC)c1C#N. The van der Waals surface area contributed by atoms with Crippen LogP contribution in [0.1, 0.15) is 37.6 Å². The highest BCUT2D eigenvalue weighted by molar-refractivity contribution is 5.46. The number of aryl methyl sites for hydroxylation is 1. The molecule has 1 aromatic rings. The second kappa shape index (κ2) is 5.30. The summed E-state index contributed by atoms with van der Waals surface area (Å²) in [5.74, 6) is 0.356. The predicted octanol–water partition coefficient (Wildman–Crippen LogP) is 1.87. The molecule has 1 aromatic heterocycles. The van der Waals surface area contributed by atoms with Crippen LogP contribution in [0.4, 0.5) is 0 Å². The summed E-state index contributed by atoms with van der Waals surface area (Å²) >= 11 is 0. The lowest BCUT2D eigenvalue weighted by Gasteiger charge is -2.09. The second-order valence-electron chi connectivity index (χ2n) is 3.06. The molecule has 0 N–H and O–H groups in total. The van der Waals surface area contributed by atoms with E-state index < -0.39 is 0 Å². The van der Waals surface area contributed by atoms with Gasteiger partial charge in [0.1, 0.15) is 11.6 Å². The molecule has 0 radical (unpaired) electrons. The highest BCUT2D eigenvalue weighted by Gasteiger charge is 2.14. The first-order valence-corrected chi connectivity index (χ1v) is 5.19. The van der Waals surface area contributed by atoms with E-state index >= 15 is 0 Å². The van der Waals surface area contributed by atoms with E-state index in [0.717, 1.165) is 24.1 Å². The van der Waals surface area contributed by atoms with E-state index in [0.29, 0.717) is 18.1 Å². The average Bonchev–Trinajstić information content (AvgIpc) is 2.28. The molecule has 80 valence electrons. The summed E-state index contributed by atoms with van der Waals surface area (Å²) in [6.07, 6.45) is 1.57. The van der Waals surface area contributed by atoms with Crippen molar-refractivity contribution in [3.05, 3.63) is 16.8 Å². The lowest BCUT2D eigenvalue weighted by Crippen LogP contribution is -2.06. The zero-order valence-electron chi connectivity index (χ0n) is 9.37. The number of hydrogen-bond acceptors (Lipinski definition) is 4. The third kappa shape index (κ3) is 2.24. The molecule has 0 fully saturated rings. The van der Waals surface area contributed by atoms with Gasteiger partial charge in [0.05, 0.1) is 12.3 Å². The molecule has 1 heterocycles. The zero-order valence-corrected chi connectivity index (χ0v) is 9.37. The maximum Gasteiger partial charge on any atom is 0.251 e. The Morgan fingerprint density at radius 3 is 2.40 bits per heavy atom. The lowest BCUT2D eigenvalue weighted by atomic mass is 10.0. The van der Waals surface area contributed by atoms with Gasteiger partial charge in [-0.25, -0.2) is 0 Å².